The number of hydrogen-bond acceptors (Lipinski definition) is 3. The largest absolute Gasteiger partial charge is 0.480 e. The maximum Gasteiger partial charge on any atom is 0.316 e. The van der Waals surface area contributed by atoms with Gasteiger partial charge in [-0.25, -0.2) is 0 Å². The SMILES string of the molecule is CC(Sc1cn(-c2ccc(Br)c3ccccc23)c2cnccc12)C(=O)O. The fourth-order valence-electron chi connectivity index (χ4n) is 3.03. The maximum atomic E-state index is 11.3. The van der Waals surface area contributed by atoms with Crippen molar-refractivity contribution < 1.29 is 9.90 Å². The number of carbonyl (C=O) groups is 1. The number of carboxylic acid groups (broad SMARTS) is 1. The van der Waals surface area contributed by atoms with Crippen LogP contribution >= 0.6 is 27.7 Å². The average molecular weight is 427 g/mol. The van der Waals surface area contributed by atoms with Gasteiger partial charge >= 0.3 is 5.97 Å². The topological polar surface area (TPSA) is 55.1 Å². The Morgan fingerprint density at radius 2 is 1.92 bits per heavy atom. The van der Waals surface area contributed by atoms with Crippen LogP contribution in [0, 0.1) is 0 Å². The van der Waals surface area contributed by atoms with Crippen molar-refractivity contribution >= 4 is 55.3 Å². The predicted molar refractivity (Wildman–Crippen MR) is 109 cm³/mol. The smallest absolute Gasteiger partial charge is 0.316 e. The Bertz CT molecular complexity index is 1140. The highest BCUT2D eigenvalue weighted by molar-refractivity contribution is 9.10. The number of halogens is 1. The molecule has 1 N–H and O–H groups in total. The van der Waals surface area contributed by atoms with Crippen molar-refractivity contribution in [1.82, 2.24) is 9.55 Å². The summed E-state index contributed by atoms with van der Waals surface area (Å²) in [5.74, 6) is -0.820. The number of aromatic nitrogens is 2. The Balaban J connectivity index is 1.96. The Morgan fingerprint density at radius 3 is 2.69 bits per heavy atom. The Labute approximate surface area is 163 Å². The predicted octanol–water partition coefficient (Wildman–Crippen LogP) is 5.51. The van der Waals surface area contributed by atoms with Crippen LogP contribution in [0.25, 0.3) is 27.4 Å². The van der Waals surface area contributed by atoms with Gasteiger partial charge in [-0.2, -0.15) is 0 Å². The van der Waals surface area contributed by atoms with Gasteiger partial charge in [-0.1, -0.05) is 40.2 Å². The van der Waals surface area contributed by atoms with Crippen molar-refractivity contribution in [2.24, 2.45) is 0 Å². The number of rotatable bonds is 4. The van der Waals surface area contributed by atoms with E-state index in [1.165, 1.54) is 11.8 Å². The van der Waals surface area contributed by atoms with Crippen LogP contribution in [0.3, 0.4) is 0 Å². The lowest BCUT2D eigenvalue weighted by Crippen LogP contribution is -2.10. The van der Waals surface area contributed by atoms with Crippen LogP contribution in [-0.2, 0) is 4.79 Å². The number of carboxylic acids is 1. The van der Waals surface area contributed by atoms with E-state index in [4.69, 9.17) is 0 Å². The number of thioether (sulfide) groups is 1. The van der Waals surface area contributed by atoms with E-state index in [0.717, 1.165) is 36.7 Å². The highest BCUT2D eigenvalue weighted by atomic mass is 79.9. The fourth-order valence-corrected chi connectivity index (χ4v) is 4.46. The van der Waals surface area contributed by atoms with E-state index in [2.05, 4.69) is 43.7 Å². The van der Waals surface area contributed by atoms with E-state index in [9.17, 15) is 9.90 Å². The highest BCUT2D eigenvalue weighted by Gasteiger charge is 2.18. The zero-order valence-electron chi connectivity index (χ0n) is 13.9. The second-order valence-electron chi connectivity index (χ2n) is 5.97. The molecule has 1 atom stereocenters. The highest BCUT2D eigenvalue weighted by Crippen LogP contribution is 2.36. The standard InChI is InChI=1S/C20H15BrN2O2S/c1-12(20(24)25)26-19-11-23(18-10-22-9-8-15(18)19)17-7-6-16(21)13-4-2-3-5-14(13)17/h2-12H,1H3,(H,24,25). The summed E-state index contributed by atoms with van der Waals surface area (Å²) < 4.78 is 3.13. The normalized spacial score (nSPS) is 12.5. The molecule has 4 aromatic rings. The minimum atomic E-state index is -0.820. The monoisotopic (exact) mass is 426 g/mol. The van der Waals surface area contributed by atoms with Crippen LogP contribution in [0.15, 0.2) is 70.4 Å². The first kappa shape index (κ1) is 17.1. The summed E-state index contributed by atoms with van der Waals surface area (Å²) in [4.78, 5) is 16.5. The van der Waals surface area contributed by atoms with E-state index < -0.39 is 11.2 Å². The van der Waals surface area contributed by atoms with Gasteiger partial charge in [0.1, 0.15) is 5.25 Å². The third-order valence-corrected chi connectivity index (χ3v) is 6.16. The molecule has 6 heteroatoms. The van der Waals surface area contributed by atoms with Crippen molar-refractivity contribution in [3.8, 4) is 5.69 Å². The molecule has 130 valence electrons. The molecule has 0 amide bonds. The third kappa shape index (κ3) is 2.89. The molecule has 0 aliphatic heterocycles. The zero-order chi connectivity index (χ0) is 18.3. The number of aliphatic carboxylic acids is 1. The minimum absolute atomic E-state index is 0.524. The van der Waals surface area contributed by atoms with Gasteiger partial charge in [-0.05, 0) is 30.5 Å². The van der Waals surface area contributed by atoms with Gasteiger partial charge in [0.15, 0.2) is 0 Å². The summed E-state index contributed by atoms with van der Waals surface area (Å²) in [7, 11) is 0. The van der Waals surface area contributed by atoms with Crippen molar-refractivity contribution in [2.75, 3.05) is 0 Å². The average Bonchev–Trinajstić information content (AvgIpc) is 3.01. The molecule has 0 saturated carbocycles. The minimum Gasteiger partial charge on any atom is -0.480 e. The van der Waals surface area contributed by atoms with Gasteiger partial charge in [0.05, 0.1) is 17.4 Å². The molecule has 4 nitrogen and oxygen atoms in total. The molecule has 2 heterocycles. The Kier molecular flexibility index (Phi) is 4.46. The summed E-state index contributed by atoms with van der Waals surface area (Å²) in [5.41, 5.74) is 2.00. The second kappa shape index (κ2) is 6.78. The first-order valence-electron chi connectivity index (χ1n) is 8.08. The Morgan fingerprint density at radius 1 is 1.15 bits per heavy atom. The number of hydrogen-bond donors (Lipinski definition) is 1. The first-order chi connectivity index (χ1) is 12.6. The molecule has 4 rings (SSSR count). The Hall–Kier alpha value is -2.31. The quantitative estimate of drug-likeness (QED) is 0.437. The van der Waals surface area contributed by atoms with Gasteiger partial charge < -0.3 is 9.67 Å². The molecule has 0 aliphatic carbocycles. The molecule has 0 spiro atoms. The second-order valence-corrected chi connectivity index (χ2v) is 8.20. The third-order valence-electron chi connectivity index (χ3n) is 4.33. The van der Waals surface area contributed by atoms with E-state index in [-0.39, 0.29) is 0 Å². The molecule has 2 aromatic carbocycles. The first-order valence-corrected chi connectivity index (χ1v) is 9.75. The van der Waals surface area contributed by atoms with Gasteiger partial charge in [0.2, 0.25) is 0 Å². The molecular formula is C20H15BrN2O2S. The zero-order valence-corrected chi connectivity index (χ0v) is 16.3. The molecule has 0 radical (unpaired) electrons. The van der Waals surface area contributed by atoms with Crippen LogP contribution in [0.4, 0.5) is 0 Å². The summed E-state index contributed by atoms with van der Waals surface area (Å²) in [6.07, 6.45) is 5.57. The number of nitrogens with zero attached hydrogens (tertiary/aromatic N) is 2. The van der Waals surface area contributed by atoms with Crippen molar-refractivity contribution in [3.63, 3.8) is 0 Å². The lowest BCUT2D eigenvalue weighted by molar-refractivity contribution is -0.136. The van der Waals surface area contributed by atoms with E-state index in [1.807, 2.05) is 36.7 Å². The summed E-state index contributed by atoms with van der Waals surface area (Å²) in [5, 5.41) is 12.0. The van der Waals surface area contributed by atoms with Gasteiger partial charge in [-0.3, -0.25) is 9.78 Å². The number of fused-ring (bicyclic) bond motifs is 2. The van der Waals surface area contributed by atoms with Crippen molar-refractivity contribution in [1.29, 1.82) is 0 Å². The molecule has 0 aliphatic rings. The van der Waals surface area contributed by atoms with Crippen molar-refractivity contribution in [2.45, 2.75) is 17.1 Å². The molecule has 0 fully saturated rings. The lowest BCUT2D eigenvalue weighted by atomic mass is 10.1. The van der Waals surface area contributed by atoms with Crippen molar-refractivity contribution in [3.05, 3.63) is 65.5 Å². The lowest BCUT2D eigenvalue weighted by Gasteiger charge is -2.10. The van der Waals surface area contributed by atoms with E-state index >= 15 is 0 Å². The van der Waals surface area contributed by atoms with Crippen LogP contribution in [0.5, 0.6) is 0 Å². The molecule has 26 heavy (non-hydrogen) atoms. The van der Waals surface area contributed by atoms with Crippen LogP contribution in [0.1, 0.15) is 6.92 Å². The molecule has 1 unspecified atom stereocenters. The van der Waals surface area contributed by atoms with E-state index in [1.54, 1.807) is 13.1 Å². The maximum absolute atomic E-state index is 11.3. The molecule has 0 saturated heterocycles. The summed E-state index contributed by atoms with van der Waals surface area (Å²) >= 11 is 4.96. The number of pyridine rings is 1. The molecule has 2 aromatic heterocycles. The molecule has 0 bridgehead atoms. The van der Waals surface area contributed by atoms with Crippen LogP contribution < -0.4 is 0 Å². The van der Waals surface area contributed by atoms with E-state index in [0.29, 0.717) is 0 Å². The van der Waals surface area contributed by atoms with Gasteiger partial charge in [0.25, 0.3) is 0 Å². The van der Waals surface area contributed by atoms with Gasteiger partial charge in [-0.15, -0.1) is 11.8 Å². The molecular weight excluding hydrogens is 412 g/mol. The van der Waals surface area contributed by atoms with Crippen LogP contribution in [0.2, 0.25) is 0 Å². The number of benzene rings is 2. The summed E-state index contributed by atoms with van der Waals surface area (Å²) in [6.45, 7) is 1.70. The summed E-state index contributed by atoms with van der Waals surface area (Å²) in [6, 6.07) is 14.2. The fraction of sp³-hybridized carbons (Fsp3) is 0.100. The van der Waals surface area contributed by atoms with Gasteiger partial charge in [0, 0.05) is 32.5 Å². The van der Waals surface area contributed by atoms with Crippen LogP contribution in [-0.4, -0.2) is 25.9 Å².